The van der Waals surface area contributed by atoms with Crippen LogP contribution in [0.3, 0.4) is 0 Å². The van der Waals surface area contributed by atoms with E-state index in [-0.39, 0.29) is 11.7 Å². The normalized spacial score (nSPS) is 22.9. The maximum atomic E-state index is 10.8. The molecule has 0 aromatic carbocycles. The molecule has 0 radical (unpaired) electrons. The van der Waals surface area contributed by atoms with Crippen LogP contribution in [0.25, 0.3) is 0 Å². The molecule has 1 aromatic heterocycles. The van der Waals surface area contributed by atoms with Gasteiger partial charge in [0.25, 0.3) is 0 Å². The quantitative estimate of drug-likeness (QED) is 0.711. The van der Waals surface area contributed by atoms with E-state index in [2.05, 4.69) is 4.98 Å². The summed E-state index contributed by atoms with van der Waals surface area (Å²) in [5, 5.41) is 0. The number of nitrogens with one attached hydrogen (secondary N) is 1. The second-order valence-corrected chi connectivity index (χ2v) is 3.34. The molecular weight excluding hydrogens is 166 g/mol. The molecule has 1 fully saturated rings. The molecule has 1 aliphatic heterocycles. The van der Waals surface area contributed by atoms with Crippen molar-refractivity contribution in [3.05, 3.63) is 34.2 Å². The molecule has 13 heavy (non-hydrogen) atoms. The molecule has 1 aliphatic rings. The van der Waals surface area contributed by atoms with Gasteiger partial charge in [-0.25, -0.2) is 0 Å². The third kappa shape index (κ3) is 1.98. The summed E-state index contributed by atoms with van der Waals surface area (Å²) in [7, 11) is 0. The van der Waals surface area contributed by atoms with Gasteiger partial charge in [0.15, 0.2) is 0 Å². The van der Waals surface area contributed by atoms with Crippen molar-refractivity contribution in [3.8, 4) is 0 Å². The number of hydrogen-bond acceptors (Lipinski definition) is 2. The number of pyridine rings is 1. The Balaban J connectivity index is 2.14. The van der Waals surface area contributed by atoms with Crippen LogP contribution in [0.2, 0.25) is 0 Å². The number of aromatic amines is 1. The highest BCUT2D eigenvalue weighted by Crippen LogP contribution is 2.26. The number of rotatable bonds is 1. The zero-order valence-corrected chi connectivity index (χ0v) is 7.45. The predicted octanol–water partition coefficient (Wildman–Crippen LogP) is 1.62. The van der Waals surface area contributed by atoms with Crippen LogP contribution in [0.15, 0.2) is 23.1 Å². The zero-order chi connectivity index (χ0) is 9.10. The Kier molecular flexibility index (Phi) is 2.45. The van der Waals surface area contributed by atoms with E-state index in [1.807, 2.05) is 6.07 Å². The fourth-order valence-corrected chi connectivity index (χ4v) is 1.63. The lowest BCUT2D eigenvalue weighted by atomic mass is 10.0. The molecule has 70 valence electrons. The molecule has 0 amide bonds. The first-order chi connectivity index (χ1) is 6.36. The molecule has 3 nitrogen and oxygen atoms in total. The number of hydrogen-bond donors (Lipinski definition) is 1. The Morgan fingerprint density at radius 2 is 2.31 bits per heavy atom. The van der Waals surface area contributed by atoms with Crippen LogP contribution < -0.4 is 5.56 Å². The Morgan fingerprint density at radius 3 is 2.92 bits per heavy atom. The highest BCUT2D eigenvalue weighted by Gasteiger charge is 2.15. The summed E-state index contributed by atoms with van der Waals surface area (Å²) in [6.07, 6.45) is 5.36. The van der Waals surface area contributed by atoms with Gasteiger partial charge in [-0.15, -0.1) is 0 Å². The zero-order valence-electron chi connectivity index (χ0n) is 7.45. The summed E-state index contributed by atoms with van der Waals surface area (Å²) in [6, 6.07) is 3.39. The van der Waals surface area contributed by atoms with Crippen molar-refractivity contribution in [1.29, 1.82) is 0 Å². The lowest BCUT2D eigenvalue weighted by Crippen LogP contribution is -2.13. The summed E-state index contributed by atoms with van der Waals surface area (Å²) in [5.74, 6) is 0. The molecular formula is C10H13NO2. The maximum absolute atomic E-state index is 10.8. The number of ether oxygens (including phenoxy) is 1. The molecule has 0 spiro atoms. The molecule has 0 saturated carbocycles. The SMILES string of the molecule is O=c1ccc(C2CCCCO2)c[nH]1. The van der Waals surface area contributed by atoms with Crippen LogP contribution >= 0.6 is 0 Å². The Labute approximate surface area is 76.7 Å². The summed E-state index contributed by atoms with van der Waals surface area (Å²) in [5.41, 5.74) is 1.03. The van der Waals surface area contributed by atoms with E-state index in [9.17, 15) is 4.79 Å². The molecule has 1 aromatic rings. The molecule has 3 heteroatoms. The average molecular weight is 179 g/mol. The Morgan fingerprint density at radius 1 is 1.38 bits per heavy atom. The minimum absolute atomic E-state index is 0.0560. The monoisotopic (exact) mass is 179 g/mol. The van der Waals surface area contributed by atoms with E-state index in [4.69, 9.17) is 4.74 Å². The summed E-state index contributed by atoms with van der Waals surface area (Å²) in [6.45, 7) is 0.837. The maximum Gasteiger partial charge on any atom is 0.247 e. The van der Waals surface area contributed by atoms with Crippen LogP contribution in [0.5, 0.6) is 0 Å². The predicted molar refractivity (Wildman–Crippen MR) is 49.6 cm³/mol. The molecule has 1 N–H and O–H groups in total. The molecule has 1 unspecified atom stereocenters. The van der Waals surface area contributed by atoms with Crippen molar-refractivity contribution in [2.75, 3.05) is 6.61 Å². The van der Waals surface area contributed by atoms with Gasteiger partial charge < -0.3 is 9.72 Å². The Bertz CT molecular complexity index is 305. The minimum Gasteiger partial charge on any atom is -0.373 e. The van der Waals surface area contributed by atoms with Crippen LogP contribution in [-0.4, -0.2) is 11.6 Å². The van der Waals surface area contributed by atoms with Crippen molar-refractivity contribution < 1.29 is 4.74 Å². The highest BCUT2D eigenvalue weighted by molar-refractivity contribution is 5.12. The van der Waals surface area contributed by atoms with Crippen LogP contribution in [0, 0.1) is 0 Å². The first-order valence-corrected chi connectivity index (χ1v) is 4.66. The second-order valence-electron chi connectivity index (χ2n) is 3.34. The number of aromatic nitrogens is 1. The fraction of sp³-hybridized carbons (Fsp3) is 0.500. The van der Waals surface area contributed by atoms with Gasteiger partial charge >= 0.3 is 0 Å². The van der Waals surface area contributed by atoms with Crippen molar-refractivity contribution in [1.82, 2.24) is 4.98 Å². The summed E-state index contributed by atoms with van der Waals surface area (Å²) >= 11 is 0. The molecule has 1 saturated heterocycles. The van der Waals surface area contributed by atoms with Gasteiger partial charge in [0.1, 0.15) is 0 Å². The third-order valence-electron chi connectivity index (χ3n) is 2.36. The molecule has 0 bridgehead atoms. The van der Waals surface area contributed by atoms with E-state index in [1.165, 1.54) is 6.42 Å². The van der Waals surface area contributed by atoms with Crippen LogP contribution in [0.1, 0.15) is 30.9 Å². The van der Waals surface area contributed by atoms with Crippen molar-refractivity contribution in [2.24, 2.45) is 0 Å². The van der Waals surface area contributed by atoms with E-state index in [0.29, 0.717) is 0 Å². The van der Waals surface area contributed by atoms with Crippen molar-refractivity contribution in [2.45, 2.75) is 25.4 Å². The molecule has 1 atom stereocenters. The molecule has 2 heterocycles. The van der Waals surface area contributed by atoms with Crippen molar-refractivity contribution in [3.63, 3.8) is 0 Å². The van der Waals surface area contributed by atoms with E-state index < -0.39 is 0 Å². The van der Waals surface area contributed by atoms with Gasteiger partial charge in [0, 0.05) is 18.9 Å². The fourth-order valence-electron chi connectivity index (χ4n) is 1.63. The van der Waals surface area contributed by atoms with Crippen LogP contribution in [0.4, 0.5) is 0 Å². The highest BCUT2D eigenvalue weighted by atomic mass is 16.5. The third-order valence-corrected chi connectivity index (χ3v) is 2.36. The average Bonchev–Trinajstić information content (AvgIpc) is 2.20. The first-order valence-electron chi connectivity index (χ1n) is 4.66. The lowest BCUT2D eigenvalue weighted by Gasteiger charge is -2.22. The van der Waals surface area contributed by atoms with Gasteiger partial charge in [-0.2, -0.15) is 0 Å². The first kappa shape index (κ1) is 8.51. The summed E-state index contributed by atoms with van der Waals surface area (Å²) < 4.78 is 5.58. The molecule has 0 aliphatic carbocycles. The summed E-state index contributed by atoms with van der Waals surface area (Å²) in [4.78, 5) is 13.5. The minimum atomic E-state index is -0.0560. The smallest absolute Gasteiger partial charge is 0.247 e. The van der Waals surface area contributed by atoms with E-state index in [0.717, 1.165) is 25.0 Å². The largest absolute Gasteiger partial charge is 0.373 e. The van der Waals surface area contributed by atoms with Gasteiger partial charge in [0.05, 0.1) is 6.10 Å². The van der Waals surface area contributed by atoms with Gasteiger partial charge in [-0.05, 0) is 30.9 Å². The van der Waals surface area contributed by atoms with E-state index >= 15 is 0 Å². The lowest BCUT2D eigenvalue weighted by molar-refractivity contribution is 0.0147. The van der Waals surface area contributed by atoms with Gasteiger partial charge in [0.2, 0.25) is 5.56 Å². The Hall–Kier alpha value is -1.09. The van der Waals surface area contributed by atoms with Crippen molar-refractivity contribution >= 4 is 0 Å². The van der Waals surface area contributed by atoms with Crippen LogP contribution in [-0.2, 0) is 4.74 Å². The van der Waals surface area contributed by atoms with Gasteiger partial charge in [-0.3, -0.25) is 4.79 Å². The molecule has 2 rings (SSSR count). The topological polar surface area (TPSA) is 42.1 Å². The second kappa shape index (κ2) is 3.75. The van der Waals surface area contributed by atoms with E-state index in [1.54, 1.807) is 12.3 Å². The number of H-pyrrole nitrogens is 1. The standard InChI is InChI=1S/C10H13NO2/c12-10-5-4-8(7-11-10)9-3-1-2-6-13-9/h4-5,7,9H,1-3,6H2,(H,11,12). The van der Waals surface area contributed by atoms with Gasteiger partial charge in [-0.1, -0.05) is 0 Å².